The second-order valence-electron chi connectivity index (χ2n) is 3.57. The van der Waals surface area contributed by atoms with Crippen LogP contribution in [0.1, 0.15) is 15.9 Å². The van der Waals surface area contributed by atoms with E-state index in [1.165, 1.54) is 19.4 Å². The van der Waals surface area contributed by atoms with Crippen molar-refractivity contribution in [2.24, 2.45) is 0 Å². The van der Waals surface area contributed by atoms with Gasteiger partial charge in [-0.25, -0.2) is 9.18 Å². The van der Waals surface area contributed by atoms with Gasteiger partial charge in [-0.1, -0.05) is 15.9 Å². The molecule has 0 spiro atoms. The monoisotopic (exact) mass is 297 g/mol. The van der Waals surface area contributed by atoms with Gasteiger partial charge < -0.3 is 4.74 Å². The third-order valence-corrected chi connectivity index (χ3v) is 3.02. The molecule has 0 fully saturated rings. The zero-order valence-corrected chi connectivity index (χ0v) is 10.8. The fourth-order valence-corrected chi connectivity index (χ4v) is 2.10. The zero-order chi connectivity index (χ0) is 12.6. The Morgan fingerprint density at radius 2 is 2.18 bits per heavy atom. The summed E-state index contributed by atoms with van der Waals surface area (Å²) in [7, 11) is 1.30. The van der Waals surface area contributed by atoms with Crippen LogP contribution in [0.3, 0.4) is 0 Å². The highest BCUT2D eigenvalue weighted by Crippen LogP contribution is 2.26. The number of aromatic nitrogens is 1. The molecule has 17 heavy (non-hydrogen) atoms. The number of methoxy groups -OCH3 is 1. The molecule has 3 nitrogen and oxygen atoms in total. The number of hydrogen-bond donors (Lipinski definition) is 0. The van der Waals surface area contributed by atoms with E-state index >= 15 is 0 Å². The quantitative estimate of drug-likeness (QED) is 0.759. The van der Waals surface area contributed by atoms with Crippen LogP contribution in [0.2, 0.25) is 0 Å². The molecule has 0 aliphatic rings. The maximum absolute atomic E-state index is 13.6. The van der Waals surface area contributed by atoms with E-state index in [2.05, 4.69) is 25.7 Å². The molecule has 2 rings (SSSR count). The topological polar surface area (TPSA) is 39.2 Å². The Morgan fingerprint density at radius 3 is 2.82 bits per heavy atom. The molecule has 1 aromatic carbocycles. The van der Waals surface area contributed by atoms with E-state index in [0.29, 0.717) is 21.0 Å². The number of halogens is 2. The summed E-state index contributed by atoms with van der Waals surface area (Å²) in [5.41, 5.74) is 1.25. The molecule has 0 aliphatic heterocycles. The Bertz CT molecular complexity index is 613. The smallest absolute Gasteiger partial charge is 0.339 e. The SMILES string of the molecule is COC(=O)c1cnc2c(F)cc(Br)cc2c1C. The van der Waals surface area contributed by atoms with Crippen LogP contribution >= 0.6 is 15.9 Å². The van der Waals surface area contributed by atoms with Crippen molar-refractivity contribution in [3.8, 4) is 0 Å². The summed E-state index contributed by atoms with van der Waals surface area (Å²) in [5, 5.41) is 0.597. The number of pyridine rings is 1. The Morgan fingerprint density at radius 1 is 1.47 bits per heavy atom. The number of carbonyl (C=O) groups excluding carboxylic acids is 1. The van der Waals surface area contributed by atoms with Crippen LogP contribution in [-0.2, 0) is 4.74 Å². The average Bonchev–Trinajstić information content (AvgIpc) is 2.29. The summed E-state index contributed by atoms with van der Waals surface area (Å²) in [5.74, 6) is -0.897. The van der Waals surface area contributed by atoms with E-state index in [9.17, 15) is 9.18 Å². The lowest BCUT2D eigenvalue weighted by molar-refractivity contribution is 0.0599. The number of aryl methyl sites for hydroxylation is 1. The molecule has 0 unspecified atom stereocenters. The Hall–Kier alpha value is -1.49. The number of benzene rings is 1. The number of carbonyl (C=O) groups is 1. The first-order valence-corrected chi connectivity index (χ1v) is 5.66. The van der Waals surface area contributed by atoms with Gasteiger partial charge in [-0.05, 0) is 24.6 Å². The minimum absolute atomic E-state index is 0.248. The van der Waals surface area contributed by atoms with Gasteiger partial charge in [-0.15, -0.1) is 0 Å². The van der Waals surface area contributed by atoms with Crippen molar-refractivity contribution in [3.05, 3.63) is 39.7 Å². The molecule has 0 aliphatic carbocycles. The molecule has 0 atom stereocenters. The fourth-order valence-electron chi connectivity index (χ4n) is 1.67. The maximum atomic E-state index is 13.6. The summed E-state index contributed by atoms with van der Waals surface area (Å²) >= 11 is 3.21. The average molecular weight is 298 g/mol. The Kier molecular flexibility index (Phi) is 3.11. The molecule has 1 heterocycles. The van der Waals surface area contributed by atoms with Gasteiger partial charge in [-0.2, -0.15) is 0 Å². The van der Waals surface area contributed by atoms with Crippen LogP contribution in [0.25, 0.3) is 10.9 Å². The maximum Gasteiger partial charge on any atom is 0.339 e. The van der Waals surface area contributed by atoms with Gasteiger partial charge in [0, 0.05) is 16.1 Å². The molecule has 2 aromatic rings. The predicted octanol–water partition coefficient (Wildman–Crippen LogP) is 3.23. The molecule has 88 valence electrons. The lowest BCUT2D eigenvalue weighted by Gasteiger charge is -2.08. The Balaban J connectivity index is 2.79. The predicted molar refractivity (Wildman–Crippen MR) is 65.5 cm³/mol. The number of ether oxygens (including phenoxy) is 1. The zero-order valence-electron chi connectivity index (χ0n) is 9.25. The number of esters is 1. The number of fused-ring (bicyclic) bond motifs is 1. The van der Waals surface area contributed by atoms with E-state index in [4.69, 9.17) is 0 Å². The molecular weight excluding hydrogens is 289 g/mol. The summed E-state index contributed by atoms with van der Waals surface area (Å²) in [4.78, 5) is 15.4. The molecule has 0 amide bonds. The van der Waals surface area contributed by atoms with Crippen LogP contribution in [0, 0.1) is 12.7 Å². The Labute approximate surface area is 106 Å². The second kappa shape index (κ2) is 4.41. The van der Waals surface area contributed by atoms with Crippen LogP contribution in [-0.4, -0.2) is 18.1 Å². The van der Waals surface area contributed by atoms with Crippen molar-refractivity contribution < 1.29 is 13.9 Å². The third-order valence-electron chi connectivity index (χ3n) is 2.56. The molecule has 1 aromatic heterocycles. The van der Waals surface area contributed by atoms with Crippen molar-refractivity contribution >= 4 is 32.8 Å². The fraction of sp³-hybridized carbons (Fsp3) is 0.167. The highest BCUT2D eigenvalue weighted by molar-refractivity contribution is 9.10. The standard InChI is InChI=1S/C12H9BrFNO2/c1-6-8-3-7(13)4-10(14)11(8)15-5-9(6)12(16)17-2/h3-5H,1-2H3. The molecule has 5 heteroatoms. The molecule has 0 saturated carbocycles. The van der Waals surface area contributed by atoms with Crippen molar-refractivity contribution in [2.45, 2.75) is 6.92 Å². The summed E-state index contributed by atoms with van der Waals surface area (Å²) < 4.78 is 18.9. The first kappa shape index (κ1) is 12.0. The molecule has 0 bridgehead atoms. The minimum atomic E-state index is -0.475. The largest absolute Gasteiger partial charge is 0.465 e. The highest BCUT2D eigenvalue weighted by atomic mass is 79.9. The van der Waals surface area contributed by atoms with Crippen molar-refractivity contribution in [2.75, 3.05) is 7.11 Å². The van der Waals surface area contributed by atoms with Gasteiger partial charge in [-0.3, -0.25) is 4.98 Å². The number of hydrogen-bond acceptors (Lipinski definition) is 3. The van der Waals surface area contributed by atoms with Gasteiger partial charge in [0.25, 0.3) is 0 Å². The summed E-state index contributed by atoms with van der Waals surface area (Å²) in [6.07, 6.45) is 1.33. The van der Waals surface area contributed by atoms with Crippen molar-refractivity contribution in [1.82, 2.24) is 4.98 Å². The van der Waals surface area contributed by atoms with Crippen LogP contribution < -0.4 is 0 Å². The molecule has 0 radical (unpaired) electrons. The van der Waals surface area contributed by atoms with Crippen LogP contribution in [0.4, 0.5) is 4.39 Å². The van der Waals surface area contributed by atoms with E-state index in [-0.39, 0.29) is 5.52 Å². The van der Waals surface area contributed by atoms with Crippen LogP contribution in [0.15, 0.2) is 22.8 Å². The molecule has 0 saturated heterocycles. The highest BCUT2D eigenvalue weighted by Gasteiger charge is 2.14. The van der Waals surface area contributed by atoms with Crippen molar-refractivity contribution in [1.29, 1.82) is 0 Å². The van der Waals surface area contributed by atoms with Gasteiger partial charge in [0.1, 0.15) is 5.52 Å². The van der Waals surface area contributed by atoms with Gasteiger partial charge >= 0.3 is 5.97 Å². The van der Waals surface area contributed by atoms with Crippen LogP contribution in [0.5, 0.6) is 0 Å². The van der Waals surface area contributed by atoms with E-state index in [0.717, 1.165) is 0 Å². The number of rotatable bonds is 1. The molecular formula is C12H9BrFNO2. The van der Waals surface area contributed by atoms with E-state index in [1.807, 2.05) is 0 Å². The third kappa shape index (κ3) is 2.02. The van der Waals surface area contributed by atoms with Crippen molar-refractivity contribution in [3.63, 3.8) is 0 Å². The second-order valence-corrected chi connectivity index (χ2v) is 4.49. The summed E-state index contributed by atoms with van der Waals surface area (Å²) in [6.45, 7) is 1.74. The normalized spacial score (nSPS) is 10.6. The minimum Gasteiger partial charge on any atom is -0.465 e. The number of nitrogens with zero attached hydrogens (tertiary/aromatic N) is 1. The van der Waals surface area contributed by atoms with E-state index < -0.39 is 11.8 Å². The molecule has 0 N–H and O–H groups in total. The van der Waals surface area contributed by atoms with Gasteiger partial charge in [0.05, 0.1) is 12.7 Å². The lowest BCUT2D eigenvalue weighted by Crippen LogP contribution is -2.05. The van der Waals surface area contributed by atoms with E-state index in [1.54, 1.807) is 13.0 Å². The lowest BCUT2D eigenvalue weighted by atomic mass is 10.1. The first-order valence-electron chi connectivity index (χ1n) is 4.87. The van der Waals surface area contributed by atoms with Gasteiger partial charge in [0.15, 0.2) is 5.82 Å². The van der Waals surface area contributed by atoms with Gasteiger partial charge in [0.2, 0.25) is 0 Å². The first-order chi connectivity index (χ1) is 8.04. The summed E-state index contributed by atoms with van der Waals surface area (Å²) in [6, 6.07) is 3.07.